The largest absolute Gasteiger partial charge is 0.544 e. The Bertz CT molecular complexity index is 5160. The first kappa shape index (κ1) is 39.7. The van der Waals surface area contributed by atoms with Gasteiger partial charge in [0, 0.05) is 71.9 Å². The normalized spacial score (nSPS) is 12.3. The van der Waals surface area contributed by atoms with Crippen molar-refractivity contribution in [1.29, 1.82) is 0 Å². The molecule has 5 heterocycles. The predicted octanol–water partition coefficient (Wildman–Crippen LogP) is 19.9. The topological polar surface area (TPSA) is 50.0 Å². The van der Waals surface area contributed by atoms with Crippen LogP contribution in [0.15, 0.2) is 250 Å². The number of furan rings is 3. The minimum atomic E-state index is 0.857. The van der Waals surface area contributed by atoms with Gasteiger partial charge < -0.3 is 27.5 Å². The van der Waals surface area contributed by atoms with Crippen LogP contribution in [0.2, 0.25) is 0 Å². The number of hydrogen-bond donors (Lipinski definition) is 0. The summed E-state index contributed by atoms with van der Waals surface area (Å²) in [4.78, 5) is 4.69. The van der Waals surface area contributed by atoms with Gasteiger partial charge in [-0.3, -0.25) is 0 Å². The summed E-state index contributed by atoms with van der Waals surface area (Å²) in [5.74, 6) is 0. The van der Waals surface area contributed by atoms with E-state index in [4.69, 9.17) is 13.3 Å². The smallest absolute Gasteiger partial charge is 0.293 e. The number of anilines is 6. The van der Waals surface area contributed by atoms with Gasteiger partial charge in [0.15, 0.2) is 5.58 Å². The number of nitrogens with zero attached hydrogens (tertiary/aromatic N) is 3. The van der Waals surface area contributed by atoms with Crippen LogP contribution in [0, 0.1) is 0 Å². The van der Waals surface area contributed by atoms with Gasteiger partial charge >= 0.3 is 0 Å². The van der Waals surface area contributed by atoms with E-state index in [1.165, 1.54) is 32.4 Å². The summed E-state index contributed by atoms with van der Waals surface area (Å²) >= 11 is 0. The molecule has 0 bridgehead atoms. The van der Waals surface area contributed by atoms with Crippen molar-refractivity contribution in [3.05, 3.63) is 237 Å². The number of para-hydroxylation sites is 7. The maximum atomic E-state index is 6.75. The number of benzene rings is 12. The van der Waals surface area contributed by atoms with Crippen molar-refractivity contribution < 1.29 is 13.3 Å². The third kappa shape index (κ3) is 5.48. The Labute approximate surface area is 421 Å². The molecule has 1 N–H and O–H groups in total. The van der Waals surface area contributed by atoms with Gasteiger partial charge in [-0.25, -0.2) is 0 Å². The molecule has 6 nitrogen and oxygen atoms in total. The quantitative estimate of drug-likeness (QED) is 0.156. The van der Waals surface area contributed by atoms with Crippen molar-refractivity contribution in [1.82, 2.24) is 4.40 Å². The van der Waals surface area contributed by atoms with Gasteiger partial charge in [-0.2, -0.15) is 0 Å². The summed E-state index contributed by atoms with van der Waals surface area (Å²) in [6.07, 6.45) is 0. The van der Waals surface area contributed by atoms with Crippen LogP contribution in [0.5, 0.6) is 0 Å². The first-order valence-electron chi connectivity index (χ1n) is 25.2. The van der Waals surface area contributed by atoms with Gasteiger partial charge in [0.05, 0.1) is 33.0 Å². The molecule has 0 atom stereocenters. The Morgan fingerprint density at radius 3 is 1.62 bits per heavy atom. The SMILES string of the molecule is c1ccc(N(c2ccc3cc4c5cc6oc7ccccc7c6c6c7cc8ccc(N(c9ccccc9)c9cccc%10c9[oH+]c9ccccc9%10)cc8cc7n(c4cc3c2)c56)c2cccc3c2oc2ccccc23)cc1. The van der Waals surface area contributed by atoms with Crippen LogP contribution >= 0.6 is 0 Å². The minimum absolute atomic E-state index is 0.857. The van der Waals surface area contributed by atoms with Crippen LogP contribution < -0.4 is 9.80 Å². The maximum absolute atomic E-state index is 6.75. The van der Waals surface area contributed by atoms with E-state index < -0.39 is 0 Å². The Morgan fingerprint density at radius 2 is 0.892 bits per heavy atom. The molecule has 0 saturated carbocycles. The number of fused-ring (bicyclic) bond motifs is 18. The minimum Gasteiger partial charge on any atom is -0.544 e. The summed E-state index contributed by atoms with van der Waals surface area (Å²) in [5.41, 5.74) is 15.2. The van der Waals surface area contributed by atoms with E-state index in [2.05, 4.69) is 245 Å². The molecule has 0 aliphatic carbocycles. The van der Waals surface area contributed by atoms with E-state index in [1.54, 1.807) is 0 Å². The van der Waals surface area contributed by atoms with Gasteiger partial charge in [0.2, 0.25) is 0 Å². The van der Waals surface area contributed by atoms with E-state index in [0.29, 0.717) is 0 Å². The monoisotopic (exact) mass is 946 g/mol. The van der Waals surface area contributed by atoms with Crippen LogP contribution in [-0.4, -0.2) is 4.40 Å². The van der Waals surface area contributed by atoms with Crippen molar-refractivity contribution in [2.24, 2.45) is 0 Å². The standard InChI is InChI=1S/C68H39N3O3/c1-3-15-44(16-4-1)69(56-24-13-22-50-48-19-7-10-26-60(48)73-67(50)56)46-31-29-40-35-53-54-39-63-64(52-21-9-12-28-62(52)72-63)65-55-36-41-30-32-47(34-43(41)38-59(55)71(66(54)65)58(53)37-42(40)33-46)70(45-17-5-2-6-18-45)57-25-14-23-51-49-20-8-11-27-61(49)74-68(51)57/h1-39H/p+1. The fraction of sp³-hybridized carbons (Fsp3) is 0. The van der Waals surface area contributed by atoms with Crippen LogP contribution in [0.25, 0.3) is 125 Å². The highest BCUT2D eigenvalue weighted by Crippen LogP contribution is 2.50. The van der Waals surface area contributed by atoms with Crippen molar-refractivity contribution in [2.75, 3.05) is 9.80 Å². The van der Waals surface area contributed by atoms with Gasteiger partial charge in [0.1, 0.15) is 22.4 Å². The molecule has 0 aliphatic heterocycles. The lowest BCUT2D eigenvalue weighted by Crippen LogP contribution is -2.10. The molecule has 344 valence electrons. The molecule has 17 aromatic rings. The number of aromatic nitrogens is 1. The van der Waals surface area contributed by atoms with Gasteiger partial charge in [0.25, 0.3) is 11.2 Å². The lowest BCUT2D eigenvalue weighted by molar-refractivity contribution is 0.668. The molecular formula is C68H40N3O3+. The fourth-order valence-electron chi connectivity index (χ4n) is 12.4. The Morgan fingerprint density at radius 1 is 0.324 bits per heavy atom. The molecule has 0 amide bonds. The molecule has 0 spiro atoms. The van der Waals surface area contributed by atoms with E-state index in [1.807, 2.05) is 6.07 Å². The fourth-order valence-corrected chi connectivity index (χ4v) is 12.4. The van der Waals surface area contributed by atoms with Gasteiger partial charge in [-0.1, -0.05) is 115 Å². The zero-order chi connectivity index (χ0) is 48.2. The highest BCUT2D eigenvalue weighted by atomic mass is 16.3. The Kier molecular flexibility index (Phi) is 7.91. The third-order valence-corrected chi connectivity index (χ3v) is 15.6. The Balaban J connectivity index is 0.922. The Hall–Kier alpha value is -10.0. The lowest BCUT2D eigenvalue weighted by atomic mass is 9.99. The van der Waals surface area contributed by atoms with E-state index in [9.17, 15) is 0 Å². The number of rotatable bonds is 6. The molecule has 0 fully saturated rings. The molecule has 12 aromatic carbocycles. The van der Waals surface area contributed by atoms with Gasteiger partial charge in [-0.15, -0.1) is 0 Å². The van der Waals surface area contributed by atoms with Crippen LogP contribution in [-0.2, 0) is 0 Å². The highest BCUT2D eigenvalue weighted by Gasteiger charge is 2.27. The molecule has 0 saturated heterocycles. The van der Waals surface area contributed by atoms with Gasteiger partial charge in [-0.05, 0) is 137 Å². The molecule has 0 aliphatic rings. The van der Waals surface area contributed by atoms with E-state index >= 15 is 0 Å². The molecule has 6 heteroatoms. The van der Waals surface area contributed by atoms with Crippen LogP contribution in [0.3, 0.4) is 0 Å². The van der Waals surface area contributed by atoms with Crippen LogP contribution in [0.1, 0.15) is 0 Å². The summed E-state index contributed by atoms with van der Waals surface area (Å²) in [6.45, 7) is 0. The van der Waals surface area contributed by atoms with Crippen molar-refractivity contribution >= 4 is 160 Å². The summed E-state index contributed by atoms with van der Waals surface area (Å²) < 4.78 is 21.2. The molecule has 5 aromatic heterocycles. The zero-order valence-electron chi connectivity index (χ0n) is 39.6. The second kappa shape index (κ2) is 14.8. The molecule has 0 unspecified atom stereocenters. The molecule has 74 heavy (non-hydrogen) atoms. The lowest BCUT2D eigenvalue weighted by Gasteiger charge is -2.25. The molecule has 0 radical (unpaired) electrons. The molecule has 17 rings (SSSR count). The first-order valence-corrected chi connectivity index (χ1v) is 25.2. The second-order valence-corrected chi connectivity index (χ2v) is 19.7. The third-order valence-electron chi connectivity index (χ3n) is 15.6. The summed E-state index contributed by atoms with van der Waals surface area (Å²) in [6, 6.07) is 85.1. The van der Waals surface area contributed by atoms with Crippen molar-refractivity contribution in [3.8, 4) is 0 Å². The second-order valence-electron chi connectivity index (χ2n) is 19.7. The molecular weight excluding hydrogens is 907 g/mol. The predicted molar refractivity (Wildman–Crippen MR) is 308 cm³/mol. The first-order chi connectivity index (χ1) is 36.7. The average molecular weight is 947 g/mol. The maximum Gasteiger partial charge on any atom is 0.293 e. The van der Waals surface area contributed by atoms with Crippen molar-refractivity contribution in [2.45, 2.75) is 0 Å². The summed E-state index contributed by atoms with van der Waals surface area (Å²) in [5, 5.41) is 16.2. The summed E-state index contributed by atoms with van der Waals surface area (Å²) in [7, 11) is 0. The van der Waals surface area contributed by atoms with Crippen LogP contribution in [0.4, 0.5) is 34.1 Å². The van der Waals surface area contributed by atoms with E-state index in [0.717, 1.165) is 127 Å². The highest BCUT2D eigenvalue weighted by molar-refractivity contribution is 6.36. The van der Waals surface area contributed by atoms with Crippen molar-refractivity contribution in [3.63, 3.8) is 0 Å². The zero-order valence-corrected chi connectivity index (χ0v) is 39.6. The average Bonchev–Trinajstić information content (AvgIpc) is 4.38. The number of hydrogen-bond acceptors (Lipinski definition) is 4. The van der Waals surface area contributed by atoms with E-state index in [-0.39, 0.29) is 0 Å².